The Balaban J connectivity index is 2.09. The zero-order chi connectivity index (χ0) is 16.1. The van der Waals surface area contributed by atoms with E-state index in [2.05, 4.69) is 4.90 Å². The number of aldehydes is 1. The standard InChI is InChI=1S/C16H20ClN3O2/c1-18-7-9-20(10-8-18)15(12-21)11-16(22)19(2)14-5-3-13(17)4-6-14/h3-6,11-12H,7-10H2,1-2H3/b15-11+. The molecule has 22 heavy (non-hydrogen) atoms. The minimum absolute atomic E-state index is 0.233. The quantitative estimate of drug-likeness (QED) is 0.624. The van der Waals surface area contributed by atoms with Crippen LogP contribution in [0.15, 0.2) is 36.0 Å². The van der Waals surface area contributed by atoms with Gasteiger partial charge in [-0.25, -0.2) is 0 Å². The molecule has 1 saturated heterocycles. The van der Waals surface area contributed by atoms with E-state index >= 15 is 0 Å². The van der Waals surface area contributed by atoms with Crippen LogP contribution >= 0.6 is 11.6 Å². The molecule has 0 unspecified atom stereocenters. The molecule has 0 aromatic heterocycles. The van der Waals surface area contributed by atoms with Crippen LogP contribution in [0.2, 0.25) is 5.02 Å². The highest BCUT2D eigenvalue weighted by Gasteiger charge is 2.18. The Morgan fingerprint density at radius 3 is 2.32 bits per heavy atom. The number of piperazine rings is 1. The Hall–Kier alpha value is -1.85. The Morgan fingerprint density at radius 1 is 1.18 bits per heavy atom. The van der Waals surface area contributed by atoms with Crippen molar-refractivity contribution < 1.29 is 9.59 Å². The number of halogens is 1. The minimum Gasteiger partial charge on any atom is -0.366 e. The number of hydrogen-bond donors (Lipinski definition) is 0. The SMILES string of the molecule is CN1CCN(/C(C=O)=C/C(=O)N(C)c2ccc(Cl)cc2)CC1. The van der Waals surface area contributed by atoms with E-state index in [1.807, 2.05) is 11.9 Å². The molecule has 2 rings (SSSR count). The molecule has 5 nitrogen and oxygen atoms in total. The highest BCUT2D eigenvalue weighted by molar-refractivity contribution is 6.30. The van der Waals surface area contributed by atoms with Crippen molar-refractivity contribution in [2.45, 2.75) is 0 Å². The number of allylic oxidation sites excluding steroid dienone is 1. The van der Waals surface area contributed by atoms with Crippen LogP contribution < -0.4 is 4.90 Å². The van der Waals surface area contributed by atoms with Crippen molar-refractivity contribution in [3.63, 3.8) is 0 Å². The van der Waals surface area contributed by atoms with Crippen molar-refractivity contribution in [1.82, 2.24) is 9.80 Å². The minimum atomic E-state index is -0.233. The number of likely N-dealkylation sites (N-methyl/N-ethyl adjacent to an activating group) is 2. The normalized spacial score (nSPS) is 16.5. The molecule has 0 radical (unpaired) electrons. The Morgan fingerprint density at radius 2 is 1.77 bits per heavy atom. The summed E-state index contributed by atoms with van der Waals surface area (Å²) in [6, 6.07) is 6.99. The third-order valence-corrected chi connectivity index (χ3v) is 4.06. The lowest BCUT2D eigenvalue weighted by Crippen LogP contribution is -2.44. The second-order valence-corrected chi connectivity index (χ2v) is 5.79. The molecular formula is C16H20ClN3O2. The molecular weight excluding hydrogens is 302 g/mol. The van der Waals surface area contributed by atoms with Crippen molar-refractivity contribution in [2.75, 3.05) is 45.2 Å². The van der Waals surface area contributed by atoms with E-state index in [4.69, 9.17) is 11.6 Å². The number of carbonyl (C=O) groups is 2. The van der Waals surface area contributed by atoms with E-state index in [9.17, 15) is 9.59 Å². The van der Waals surface area contributed by atoms with Gasteiger partial charge < -0.3 is 14.7 Å². The van der Waals surface area contributed by atoms with Gasteiger partial charge in [0.1, 0.15) is 0 Å². The molecule has 6 heteroatoms. The Labute approximate surface area is 135 Å². The van der Waals surface area contributed by atoms with Gasteiger partial charge in [0, 0.05) is 50.0 Å². The summed E-state index contributed by atoms with van der Waals surface area (Å²) in [6.07, 6.45) is 2.14. The van der Waals surface area contributed by atoms with E-state index in [1.54, 1.807) is 31.3 Å². The number of rotatable bonds is 4. The number of carbonyl (C=O) groups excluding carboxylic acids is 2. The molecule has 1 aromatic carbocycles. The molecule has 1 heterocycles. The van der Waals surface area contributed by atoms with Gasteiger partial charge in [-0.05, 0) is 31.3 Å². The van der Waals surface area contributed by atoms with E-state index < -0.39 is 0 Å². The number of hydrogen-bond acceptors (Lipinski definition) is 4. The van der Waals surface area contributed by atoms with E-state index in [0.717, 1.165) is 38.2 Å². The van der Waals surface area contributed by atoms with E-state index in [1.165, 1.54) is 11.0 Å². The van der Waals surface area contributed by atoms with Gasteiger partial charge in [0.05, 0.1) is 5.70 Å². The van der Waals surface area contributed by atoms with Gasteiger partial charge in [0.15, 0.2) is 6.29 Å². The number of benzene rings is 1. The lowest BCUT2D eigenvalue weighted by molar-refractivity contribution is -0.114. The van der Waals surface area contributed by atoms with Crippen molar-refractivity contribution in [2.24, 2.45) is 0 Å². The second-order valence-electron chi connectivity index (χ2n) is 5.35. The first-order valence-electron chi connectivity index (χ1n) is 7.15. The number of amides is 1. The van der Waals surface area contributed by atoms with Crippen LogP contribution in [0, 0.1) is 0 Å². The molecule has 0 bridgehead atoms. The third-order valence-electron chi connectivity index (χ3n) is 3.81. The van der Waals surface area contributed by atoms with Crippen LogP contribution in [0.1, 0.15) is 0 Å². The molecule has 1 amide bonds. The molecule has 0 aliphatic carbocycles. The summed E-state index contributed by atoms with van der Waals surface area (Å²) in [5, 5.41) is 0.617. The third kappa shape index (κ3) is 4.08. The van der Waals surface area contributed by atoms with Gasteiger partial charge in [-0.2, -0.15) is 0 Å². The molecule has 0 atom stereocenters. The molecule has 1 aliphatic heterocycles. The van der Waals surface area contributed by atoms with Gasteiger partial charge in [0.25, 0.3) is 5.91 Å². The summed E-state index contributed by atoms with van der Waals surface area (Å²) in [5.74, 6) is -0.233. The maximum absolute atomic E-state index is 12.3. The summed E-state index contributed by atoms with van der Waals surface area (Å²) >= 11 is 5.84. The van der Waals surface area contributed by atoms with Crippen molar-refractivity contribution in [3.8, 4) is 0 Å². The van der Waals surface area contributed by atoms with Gasteiger partial charge in [0.2, 0.25) is 0 Å². The van der Waals surface area contributed by atoms with Crippen LogP contribution in [0.5, 0.6) is 0 Å². The van der Waals surface area contributed by atoms with Gasteiger partial charge in [-0.1, -0.05) is 11.6 Å². The van der Waals surface area contributed by atoms with Crippen LogP contribution in [0.4, 0.5) is 5.69 Å². The molecule has 0 spiro atoms. The maximum atomic E-state index is 12.3. The molecule has 0 saturated carbocycles. The number of nitrogens with zero attached hydrogens (tertiary/aromatic N) is 3. The smallest absolute Gasteiger partial charge is 0.252 e. The first kappa shape index (κ1) is 16.5. The highest BCUT2D eigenvalue weighted by Crippen LogP contribution is 2.17. The summed E-state index contributed by atoms with van der Waals surface area (Å²) in [5.41, 5.74) is 1.16. The van der Waals surface area contributed by atoms with Crippen LogP contribution in [0.25, 0.3) is 0 Å². The van der Waals surface area contributed by atoms with Crippen molar-refractivity contribution >= 4 is 29.5 Å². The second kappa shape index (κ2) is 7.42. The zero-order valence-corrected chi connectivity index (χ0v) is 13.6. The predicted octanol–water partition coefficient (Wildman–Crippen LogP) is 1.63. The van der Waals surface area contributed by atoms with Gasteiger partial charge in [-0.15, -0.1) is 0 Å². The van der Waals surface area contributed by atoms with Gasteiger partial charge in [-0.3, -0.25) is 9.59 Å². The maximum Gasteiger partial charge on any atom is 0.252 e. The fourth-order valence-corrected chi connectivity index (χ4v) is 2.41. The van der Waals surface area contributed by atoms with Crippen molar-refractivity contribution in [1.29, 1.82) is 0 Å². The average Bonchev–Trinajstić information content (AvgIpc) is 2.53. The average molecular weight is 322 g/mol. The summed E-state index contributed by atoms with van der Waals surface area (Å²) in [7, 11) is 3.72. The predicted molar refractivity (Wildman–Crippen MR) is 88.1 cm³/mol. The summed E-state index contributed by atoms with van der Waals surface area (Å²) in [4.78, 5) is 29.3. The van der Waals surface area contributed by atoms with Crippen LogP contribution in [0.3, 0.4) is 0 Å². The molecule has 0 N–H and O–H groups in total. The summed E-state index contributed by atoms with van der Waals surface area (Å²) in [6.45, 7) is 3.26. The topological polar surface area (TPSA) is 43.9 Å². The molecule has 1 fully saturated rings. The van der Waals surface area contributed by atoms with E-state index in [-0.39, 0.29) is 5.91 Å². The first-order chi connectivity index (χ1) is 10.5. The summed E-state index contributed by atoms with van der Waals surface area (Å²) < 4.78 is 0. The monoisotopic (exact) mass is 321 g/mol. The van der Waals surface area contributed by atoms with E-state index in [0.29, 0.717) is 10.7 Å². The largest absolute Gasteiger partial charge is 0.366 e. The van der Waals surface area contributed by atoms with Gasteiger partial charge >= 0.3 is 0 Å². The molecule has 118 valence electrons. The first-order valence-corrected chi connectivity index (χ1v) is 7.52. The fourth-order valence-electron chi connectivity index (χ4n) is 2.28. The number of anilines is 1. The van der Waals surface area contributed by atoms with Crippen molar-refractivity contribution in [3.05, 3.63) is 41.1 Å². The highest BCUT2D eigenvalue weighted by atomic mass is 35.5. The molecule has 1 aromatic rings. The van der Waals surface area contributed by atoms with Crippen LogP contribution in [-0.4, -0.2) is 62.3 Å². The lowest BCUT2D eigenvalue weighted by Gasteiger charge is -2.33. The molecule has 1 aliphatic rings. The fraction of sp³-hybridized carbons (Fsp3) is 0.375. The lowest BCUT2D eigenvalue weighted by atomic mass is 10.2. The van der Waals surface area contributed by atoms with Crippen LogP contribution in [-0.2, 0) is 9.59 Å². The Bertz CT molecular complexity index is 563. The Kier molecular flexibility index (Phi) is 5.57. The zero-order valence-electron chi connectivity index (χ0n) is 12.8.